The van der Waals surface area contributed by atoms with Gasteiger partial charge in [0, 0.05) is 21.5 Å². The van der Waals surface area contributed by atoms with Crippen LogP contribution in [-0.4, -0.2) is 17.2 Å². The number of phenols is 1. The number of benzene rings is 4. The van der Waals surface area contributed by atoms with Crippen molar-refractivity contribution in [1.29, 1.82) is 0 Å². The van der Waals surface area contributed by atoms with Crippen LogP contribution in [0.1, 0.15) is 15.9 Å². The van der Waals surface area contributed by atoms with Gasteiger partial charge in [0.25, 0.3) is 5.91 Å². The fourth-order valence-electron chi connectivity index (χ4n) is 2.94. The van der Waals surface area contributed by atoms with Crippen molar-refractivity contribution in [2.45, 2.75) is 0 Å². The molecule has 31 heavy (non-hydrogen) atoms. The molecule has 0 unspecified atom stereocenters. The van der Waals surface area contributed by atoms with Gasteiger partial charge in [0.15, 0.2) is 0 Å². The molecule has 152 valence electrons. The summed E-state index contributed by atoms with van der Waals surface area (Å²) in [5.41, 5.74) is 4.51. The first-order chi connectivity index (χ1) is 15.1. The van der Waals surface area contributed by atoms with E-state index in [9.17, 15) is 9.90 Å². The number of carbonyl (C=O) groups is 1. The maximum absolute atomic E-state index is 12.1. The van der Waals surface area contributed by atoms with Crippen LogP contribution < -0.4 is 5.43 Å². The summed E-state index contributed by atoms with van der Waals surface area (Å²) in [5, 5.41) is 25.2. The molecule has 0 spiro atoms. The van der Waals surface area contributed by atoms with Crippen LogP contribution in [0, 0.1) is 0 Å². The zero-order valence-corrected chi connectivity index (χ0v) is 17.0. The molecular formula is C24H17ClN4O2. The van der Waals surface area contributed by atoms with Gasteiger partial charge in [-0.1, -0.05) is 48.0 Å². The van der Waals surface area contributed by atoms with E-state index in [-0.39, 0.29) is 11.7 Å². The van der Waals surface area contributed by atoms with Crippen molar-refractivity contribution < 1.29 is 9.90 Å². The van der Waals surface area contributed by atoms with Crippen molar-refractivity contribution >= 4 is 45.9 Å². The van der Waals surface area contributed by atoms with Crippen LogP contribution >= 0.6 is 11.6 Å². The Morgan fingerprint density at radius 1 is 0.903 bits per heavy atom. The summed E-state index contributed by atoms with van der Waals surface area (Å²) in [6.45, 7) is 0. The van der Waals surface area contributed by atoms with Crippen molar-refractivity contribution in [1.82, 2.24) is 5.43 Å². The van der Waals surface area contributed by atoms with Crippen LogP contribution in [0.15, 0.2) is 100 Å². The minimum Gasteiger partial charge on any atom is -0.507 e. The van der Waals surface area contributed by atoms with Crippen molar-refractivity contribution in [2.75, 3.05) is 0 Å². The predicted molar refractivity (Wildman–Crippen MR) is 123 cm³/mol. The zero-order valence-electron chi connectivity index (χ0n) is 16.2. The summed E-state index contributed by atoms with van der Waals surface area (Å²) in [6, 6.07) is 25.0. The lowest BCUT2D eigenvalue weighted by Crippen LogP contribution is -2.17. The van der Waals surface area contributed by atoms with Gasteiger partial charge >= 0.3 is 0 Å². The topological polar surface area (TPSA) is 86.4 Å². The Hall–Kier alpha value is -4.03. The van der Waals surface area contributed by atoms with Crippen LogP contribution in [0.3, 0.4) is 0 Å². The Morgan fingerprint density at radius 3 is 2.52 bits per heavy atom. The monoisotopic (exact) mass is 428 g/mol. The summed E-state index contributed by atoms with van der Waals surface area (Å²) in [4.78, 5) is 12.1. The lowest BCUT2D eigenvalue weighted by molar-refractivity contribution is 0.0955. The molecule has 1 amide bonds. The fraction of sp³-hybridized carbons (Fsp3) is 0. The number of carbonyl (C=O) groups excluding carboxylic acids is 1. The summed E-state index contributed by atoms with van der Waals surface area (Å²) >= 11 is 5.82. The predicted octanol–water partition coefficient (Wildman–Crippen LogP) is 6.38. The van der Waals surface area contributed by atoms with Gasteiger partial charge in [-0.15, -0.1) is 5.11 Å². The second kappa shape index (κ2) is 9.19. The van der Waals surface area contributed by atoms with Gasteiger partial charge in [-0.3, -0.25) is 4.79 Å². The van der Waals surface area contributed by atoms with Gasteiger partial charge < -0.3 is 5.11 Å². The van der Waals surface area contributed by atoms with E-state index in [0.29, 0.717) is 21.8 Å². The highest BCUT2D eigenvalue weighted by Gasteiger charge is 2.05. The molecule has 0 atom stereocenters. The molecule has 0 fully saturated rings. The molecule has 7 heteroatoms. The maximum atomic E-state index is 12.1. The van der Waals surface area contributed by atoms with E-state index in [1.54, 1.807) is 36.4 Å². The van der Waals surface area contributed by atoms with Crippen molar-refractivity contribution in [2.24, 2.45) is 15.3 Å². The molecule has 0 heterocycles. The number of azo groups is 1. The summed E-state index contributed by atoms with van der Waals surface area (Å²) in [5.74, 6) is -0.382. The first-order valence-corrected chi connectivity index (χ1v) is 9.79. The molecule has 0 aliphatic heterocycles. The third-order valence-corrected chi connectivity index (χ3v) is 4.78. The number of amides is 1. The third kappa shape index (κ3) is 4.94. The van der Waals surface area contributed by atoms with Crippen LogP contribution in [0.4, 0.5) is 11.4 Å². The highest BCUT2D eigenvalue weighted by molar-refractivity contribution is 6.30. The number of halogens is 1. The minimum atomic E-state index is -0.390. The van der Waals surface area contributed by atoms with E-state index >= 15 is 0 Å². The normalized spacial score (nSPS) is 11.4. The Morgan fingerprint density at radius 2 is 1.68 bits per heavy atom. The van der Waals surface area contributed by atoms with E-state index in [4.69, 9.17) is 11.6 Å². The van der Waals surface area contributed by atoms with Crippen LogP contribution in [0.25, 0.3) is 10.8 Å². The molecule has 6 nitrogen and oxygen atoms in total. The van der Waals surface area contributed by atoms with E-state index < -0.39 is 0 Å². The van der Waals surface area contributed by atoms with Gasteiger partial charge in [0.05, 0.1) is 17.6 Å². The zero-order chi connectivity index (χ0) is 21.6. The third-order valence-electron chi connectivity index (χ3n) is 4.53. The molecular weight excluding hydrogens is 412 g/mol. The standard InChI is InChI=1S/C24H17ClN4O2/c25-19-10-8-17(9-11-19)24(31)29-26-15-18-14-20(12-13-23(18)30)27-28-22-7-3-5-16-4-1-2-6-21(16)22/h1-15,30H,(H,29,31)/b26-15-,28-27?. The van der Waals surface area contributed by atoms with Crippen molar-refractivity contribution in [3.8, 4) is 5.75 Å². The Balaban J connectivity index is 1.50. The molecule has 4 aromatic rings. The highest BCUT2D eigenvalue weighted by Crippen LogP contribution is 2.28. The fourth-order valence-corrected chi connectivity index (χ4v) is 3.07. The second-order valence-electron chi connectivity index (χ2n) is 6.65. The minimum absolute atomic E-state index is 0.00797. The van der Waals surface area contributed by atoms with Gasteiger partial charge in [-0.25, -0.2) is 5.43 Å². The number of aromatic hydroxyl groups is 1. The quantitative estimate of drug-likeness (QED) is 0.219. The van der Waals surface area contributed by atoms with Crippen LogP contribution in [-0.2, 0) is 0 Å². The number of phenolic OH excluding ortho intramolecular Hbond substituents is 1. The molecule has 0 aromatic heterocycles. The Kier molecular flexibility index (Phi) is 6.01. The number of hydrogen-bond acceptors (Lipinski definition) is 5. The molecule has 0 aliphatic carbocycles. The van der Waals surface area contributed by atoms with Crippen molar-refractivity contribution in [3.05, 3.63) is 101 Å². The lowest BCUT2D eigenvalue weighted by Gasteiger charge is -2.02. The highest BCUT2D eigenvalue weighted by atomic mass is 35.5. The number of fused-ring (bicyclic) bond motifs is 1. The molecule has 2 N–H and O–H groups in total. The number of nitrogens with zero attached hydrogens (tertiary/aromatic N) is 3. The van der Waals surface area contributed by atoms with E-state index in [2.05, 4.69) is 20.8 Å². The van der Waals surface area contributed by atoms with E-state index in [0.717, 1.165) is 16.5 Å². The van der Waals surface area contributed by atoms with E-state index in [1.165, 1.54) is 12.3 Å². The van der Waals surface area contributed by atoms with Gasteiger partial charge in [-0.05, 0) is 53.9 Å². The Bertz CT molecular complexity index is 1300. The summed E-state index contributed by atoms with van der Waals surface area (Å²) < 4.78 is 0. The van der Waals surface area contributed by atoms with E-state index in [1.807, 2.05) is 42.5 Å². The average Bonchev–Trinajstić information content (AvgIpc) is 2.79. The molecule has 0 saturated heterocycles. The molecule has 0 bridgehead atoms. The largest absolute Gasteiger partial charge is 0.507 e. The first-order valence-electron chi connectivity index (χ1n) is 9.42. The summed E-state index contributed by atoms with van der Waals surface area (Å²) in [7, 11) is 0. The maximum Gasteiger partial charge on any atom is 0.271 e. The van der Waals surface area contributed by atoms with Gasteiger partial charge in [0.2, 0.25) is 0 Å². The smallest absolute Gasteiger partial charge is 0.271 e. The molecule has 0 saturated carbocycles. The lowest BCUT2D eigenvalue weighted by atomic mass is 10.1. The number of hydrazone groups is 1. The van der Waals surface area contributed by atoms with Gasteiger partial charge in [0.1, 0.15) is 5.75 Å². The second-order valence-corrected chi connectivity index (χ2v) is 7.08. The van der Waals surface area contributed by atoms with Crippen LogP contribution in [0.2, 0.25) is 5.02 Å². The number of rotatable bonds is 5. The number of hydrogen-bond donors (Lipinski definition) is 2. The van der Waals surface area contributed by atoms with Gasteiger partial charge in [-0.2, -0.15) is 10.2 Å². The van der Waals surface area contributed by atoms with Crippen molar-refractivity contribution in [3.63, 3.8) is 0 Å². The van der Waals surface area contributed by atoms with Crippen LogP contribution in [0.5, 0.6) is 5.75 Å². The summed E-state index contributed by atoms with van der Waals surface area (Å²) in [6.07, 6.45) is 1.35. The Labute approximate surface area is 183 Å². The molecule has 0 aliphatic rings. The molecule has 4 rings (SSSR count). The SMILES string of the molecule is O=C(N/N=C\c1cc(N=Nc2cccc3ccccc23)ccc1O)c1ccc(Cl)cc1. The average molecular weight is 429 g/mol. The molecule has 0 radical (unpaired) electrons. The first kappa shape index (κ1) is 20.3. The number of nitrogens with one attached hydrogen (secondary N) is 1. The molecule has 4 aromatic carbocycles.